The van der Waals surface area contributed by atoms with Gasteiger partial charge < -0.3 is 0 Å². The molecule has 3 nitrogen and oxygen atoms in total. The lowest BCUT2D eigenvalue weighted by Crippen LogP contribution is -1.97. The first-order valence-electron chi connectivity index (χ1n) is 5.69. The molecule has 2 heterocycles. The molecule has 0 saturated heterocycles. The average molecular weight is 290 g/mol. The summed E-state index contributed by atoms with van der Waals surface area (Å²) in [5.74, 6) is 1.51. The number of pyridine rings is 1. The molecule has 0 atom stereocenters. The van der Waals surface area contributed by atoms with Gasteiger partial charge in [-0.05, 0) is 53.4 Å². The molecule has 0 spiro atoms. The van der Waals surface area contributed by atoms with E-state index in [1.165, 1.54) is 18.4 Å². The zero-order chi connectivity index (χ0) is 11.8. The normalized spacial score (nSPS) is 14.9. The van der Waals surface area contributed by atoms with E-state index >= 15 is 0 Å². The predicted molar refractivity (Wildman–Crippen MR) is 69.7 cm³/mol. The van der Waals surface area contributed by atoms with Gasteiger partial charge in [-0.25, -0.2) is 9.97 Å². The molecule has 0 bridgehead atoms. The van der Waals surface area contributed by atoms with Gasteiger partial charge in [-0.3, -0.25) is 4.98 Å². The molecule has 2 aromatic rings. The number of nitrogens with zero attached hydrogens (tertiary/aromatic N) is 3. The Morgan fingerprint density at radius 2 is 2.12 bits per heavy atom. The number of aryl methyl sites for hydroxylation is 1. The maximum absolute atomic E-state index is 4.65. The van der Waals surface area contributed by atoms with Gasteiger partial charge in [0.1, 0.15) is 10.4 Å². The molecule has 3 rings (SSSR count). The average Bonchev–Trinajstić information content (AvgIpc) is 3.12. The number of rotatable bonds is 2. The van der Waals surface area contributed by atoms with Crippen LogP contribution in [0.4, 0.5) is 0 Å². The molecule has 0 aliphatic heterocycles. The Kier molecular flexibility index (Phi) is 2.67. The minimum atomic E-state index is 0.559. The third-order valence-electron chi connectivity index (χ3n) is 2.97. The molecular weight excluding hydrogens is 278 g/mol. The van der Waals surface area contributed by atoms with Gasteiger partial charge in [0.15, 0.2) is 0 Å². The molecule has 0 unspecified atom stereocenters. The number of aromatic nitrogens is 3. The molecule has 1 saturated carbocycles. The van der Waals surface area contributed by atoms with Crippen LogP contribution in [0.15, 0.2) is 29.1 Å². The van der Waals surface area contributed by atoms with E-state index in [4.69, 9.17) is 0 Å². The van der Waals surface area contributed by atoms with Crippen molar-refractivity contribution in [2.45, 2.75) is 25.7 Å². The summed E-state index contributed by atoms with van der Waals surface area (Å²) in [4.78, 5) is 13.2. The van der Waals surface area contributed by atoms with Crippen molar-refractivity contribution in [2.24, 2.45) is 0 Å². The highest BCUT2D eigenvalue weighted by Crippen LogP contribution is 2.39. The molecule has 0 aromatic carbocycles. The van der Waals surface area contributed by atoms with Gasteiger partial charge in [0.05, 0.1) is 5.69 Å². The van der Waals surface area contributed by atoms with Crippen LogP contribution in [0.2, 0.25) is 0 Å². The summed E-state index contributed by atoms with van der Waals surface area (Å²) < 4.78 is 0.854. The maximum Gasteiger partial charge on any atom is 0.133 e. The minimum Gasteiger partial charge on any atom is -0.264 e. The van der Waals surface area contributed by atoms with E-state index in [9.17, 15) is 0 Å². The molecule has 1 fully saturated rings. The van der Waals surface area contributed by atoms with Crippen LogP contribution < -0.4 is 0 Å². The Morgan fingerprint density at radius 3 is 2.82 bits per heavy atom. The van der Waals surface area contributed by atoms with Crippen molar-refractivity contribution in [3.63, 3.8) is 0 Å². The standard InChI is InChI=1S/C13H12BrN3/c1-8-4-5-15-7-10(8)11-6-12(14)17-13(16-11)9-2-3-9/h4-7,9H,2-3H2,1H3. The summed E-state index contributed by atoms with van der Waals surface area (Å²) in [6, 6.07) is 3.96. The molecule has 0 amide bonds. The Balaban J connectivity index is 2.11. The van der Waals surface area contributed by atoms with E-state index in [1.807, 2.05) is 18.3 Å². The van der Waals surface area contributed by atoms with Gasteiger partial charge in [0.2, 0.25) is 0 Å². The highest BCUT2D eigenvalue weighted by atomic mass is 79.9. The Morgan fingerprint density at radius 1 is 1.29 bits per heavy atom. The fourth-order valence-electron chi connectivity index (χ4n) is 1.83. The molecule has 2 aromatic heterocycles. The topological polar surface area (TPSA) is 38.7 Å². The number of halogens is 1. The van der Waals surface area contributed by atoms with Gasteiger partial charge in [-0.15, -0.1) is 0 Å². The summed E-state index contributed by atoms with van der Waals surface area (Å²) in [6.45, 7) is 2.07. The van der Waals surface area contributed by atoms with E-state index in [0.29, 0.717) is 5.92 Å². The van der Waals surface area contributed by atoms with Crippen LogP contribution >= 0.6 is 15.9 Å². The Hall–Kier alpha value is -1.29. The molecule has 4 heteroatoms. The second kappa shape index (κ2) is 4.18. The minimum absolute atomic E-state index is 0.559. The zero-order valence-electron chi connectivity index (χ0n) is 9.52. The van der Waals surface area contributed by atoms with Gasteiger partial charge >= 0.3 is 0 Å². The molecule has 17 heavy (non-hydrogen) atoms. The zero-order valence-corrected chi connectivity index (χ0v) is 11.1. The number of hydrogen-bond acceptors (Lipinski definition) is 3. The number of hydrogen-bond donors (Lipinski definition) is 0. The SMILES string of the molecule is Cc1ccncc1-c1cc(Br)nc(C2CC2)n1. The first-order chi connectivity index (χ1) is 8.24. The lowest BCUT2D eigenvalue weighted by Gasteiger charge is -2.06. The smallest absolute Gasteiger partial charge is 0.133 e. The van der Waals surface area contributed by atoms with E-state index in [0.717, 1.165) is 21.7 Å². The van der Waals surface area contributed by atoms with E-state index in [1.54, 1.807) is 6.20 Å². The third kappa shape index (κ3) is 2.22. The quantitative estimate of drug-likeness (QED) is 0.795. The lowest BCUT2D eigenvalue weighted by atomic mass is 10.1. The summed E-state index contributed by atoms with van der Waals surface area (Å²) in [7, 11) is 0. The van der Waals surface area contributed by atoms with Crippen LogP contribution in [0, 0.1) is 6.92 Å². The van der Waals surface area contributed by atoms with Gasteiger partial charge in [-0.2, -0.15) is 0 Å². The van der Waals surface area contributed by atoms with Crippen LogP contribution in [0.25, 0.3) is 11.3 Å². The lowest BCUT2D eigenvalue weighted by molar-refractivity contribution is 0.918. The van der Waals surface area contributed by atoms with Crippen LogP contribution in [-0.4, -0.2) is 15.0 Å². The van der Waals surface area contributed by atoms with E-state index in [-0.39, 0.29) is 0 Å². The van der Waals surface area contributed by atoms with Crippen LogP contribution in [0.3, 0.4) is 0 Å². The van der Waals surface area contributed by atoms with Gasteiger partial charge in [-0.1, -0.05) is 0 Å². The monoisotopic (exact) mass is 289 g/mol. The van der Waals surface area contributed by atoms with Crippen LogP contribution in [0.1, 0.15) is 30.1 Å². The van der Waals surface area contributed by atoms with Crippen LogP contribution in [0.5, 0.6) is 0 Å². The van der Waals surface area contributed by atoms with Gasteiger partial charge in [0.25, 0.3) is 0 Å². The van der Waals surface area contributed by atoms with Crippen molar-refractivity contribution in [1.82, 2.24) is 15.0 Å². The van der Waals surface area contributed by atoms with E-state index in [2.05, 4.69) is 37.8 Å². The summed E-state index contributed by atoms with van der Waals surface area (Å²) >= 11 is 3.46. The largest absolute Gasteiger partial charge is 0.264 e. The van der Waals surface area contributed by atoms with Crippen molar-refractivity contribution in [1.29, 1.82) is 0 Å². The summed E-state index contributed by atoms with van der Waals surface area (Å²) in [5.41, 5.74) is 3.23. The second-order valence-corrected chi connectivity index (χ2v) is 5.21. The highest BCUT2D eigenvalue weighted by Gasteiger charge is 2.27. The fourth-order valence-corrected chi connectivity index (χ4v) is 2.23. The van der Waals surface area contributed by atoms with Crippen LogP contribution in [-0.2, 0) is 0 Å². The molecular formula is C13H12BrN3. The first-order valence-corrected chi connectivity index (χ1v) is 6.49. The second-order valence-electron chi connectivity index (χ2n) is 4.40. The molecule has 86 valence electrons. The van der Waals surface area contributed by atoms with Gasteiger partial charge in [0, 0.05) is 23.9 Å². The third-order valence-corrected chi connectivity index (χ3v) is 3.38. The van der Waals surface area contributed by atoms with E-state index < -0.39 is 0 Å². The summed E-state index contributed by atoms with van der Waals surface area (Å²) in [5, 5.41) is 0. The molecule has 1 aliphatic carbocycles. The highest BCUT2D eigenvalue weighted by molar-refractivity contribution is 9.10. The maximum atomic E-state index is 4.65. The van der Waals surface area contributed by atoms with Crippen molar-refractivity contribution >= 4 is 15.9 Å². The molecule has 0 N–H and O–H groups in total. The Bertz CT molecular complexity index is 564. The Labute approximate surface area is 108 Å². The molecule has 0 radical (unpaired) electrons. The first kappa shape index (κ1) is 10.8. The van der Waals surface area contributed by atoms with Crippen molar-refractivity contribution < 1.29 is 0 Å². The van der Waals surface area contributed by atoms with Crippen molar-refractivity contribution in [3.8, 4) is 11.3 Å². The summed E-state index contributed by atoms with van der Waals surface area (Å²) in [6.07, 6.45) is 6.08. The fraction of sp³-hybridized carbons (Fsp3) is 0.308. The van der Waals surface area contributed by atoms with Crippen molar-refractivity contribution in [3.05, 3.63) is 40.5 Å². The molecule has 1 aliphatic rings. The van der Waals surface area contributed by atoms with Crippen molar-refractivity contribution in [2.75, 3.05) is 0 Å². The predicted octanol–water partition coefficient (Wildman–Crippen LogP) is 3.49.